The number of rotatable bonds is 8. The van der Waals surface area contributed by atoms with Gasteiger partial charge in [0, 0.05) is 38.1 Å². The van der Waals surface area contributed by atoms with Crippen LogP contribution in [-0.4, -0.2) is 63.3 Å². The van der Waals surface area contributed by atoms with E-state index in [9.17, 15) is 8.42 Å². The summed E-state index contributed by atoms with van der Waals surface area (Å²) in [5, 5.41) is 4.18. The predicted octanol–water partition coefficient (Wildman–Crippen LogP) is 2.39. The van der Waals surface area contributed by atoms with Crippen molar-refractivity contribution in [3.8, 4) is 0 Å². The van der Waals surface area contributed by atoms with Crippen LogP contribution in [0.2, 0.25) is 0 Å². The predicted molar refractivity (Wildman–Crippen MR) is 115 cm³/mol. The average Bonchev–Trinajstić information content (AvgIpc) is 2.76. The third kappa shape index (κ3) is 5.31. The lowest BCUT2D eigenvalue weighted by atomic mass is 10.2. The second-order valence-electron chi connectivity index (χ2n) is 6.53. The smallest absolute Gasteiger partial charge is 0.244 e. The van der Waals surface area contributed by atoms with Gasteiger partial charge in [-0.05, 0) is 29.8 Å². The van der Waals surface area contributed by atoms with Gasteiger partial charge in [0.2, 0.25) is 10.0 Å². The van der Waals surface area contributed by atoms with E-state index in [1.807, 2.05) is 26.0 Å². The summed E-state index contributed by atoms with van der Waals surface area (Å²) in [5.74, 6) is 0.477. The molecule has 29 heavy (non-hydrogen) atoms. The van der Waals surface area contributed by atoms with Crippen molar-refractivity contribution in [1.29, 1.82) is 0 Å². The van der Waals surface area contributed by atoms with Gasteiger partial charge in [-0.15, -0.1) is 0 Å². The Labute approximate surface area is 172 Å². The number of hydrogen-bond donors (Lipinski definition) is 1. The quantitative estimate of drug-likeness (QED) is 0.524. The van der Waals surface area contributed by atoms with Crippen molar-refractivity contribution in [1.82, 2.24) is 9.29 Å². The van der Waals surface area contributed by atoms with Crippen LogP contribution < -0.4 is 10.3 Å². The van der Waals surface area contributed by atoms with Crippen LogP contribution in [0.1, 0.15) is 19.4 Å². The van der Waals surface area contributed by atoms with Crippen molar-refractivity contribution < 1.29 is 13.2 Å². The van der Waals surface area contributed by atoms with Crippen LogP contribution in [0.3, 0.4) is 0 Å². The van der Waals surface area contributed by atoms with E-state index in [0.717, 1.165) is 31.9 Å². The minimum atomic E-state index is -3.50. The minimum absolute atomic E-state index is 0.175. The Morgan fingerprint density at radius 3 is 2.41 bits per heavy atom. The number of benzene rings is 1. The van der Waals surface area contributed by atoms with Gasteiger partial charge in [-0.1, -0.05) is 26.0 Å². The Balaban J connectivity index is 1.59. The molecule has 1 fully saturated rings. The highest BCUT2D eigenvalue weighted by Crippen LogP contribution is 2.17. The second kappa shape index (κ2) is 9.82. The molecule has 0 amide bonds. The van der Waals surface area contributed by atoms with Crippen molar-refractivity contribution in [3.05, 3.63) is 48.2 Å². The molecule has 1 aliphatic rings. The summed E-state index contributed by atoms with van der Waals surface area (Å²) in [6, 6.07) is 11.3. The lowest BCUT2D eigenvalue weighted by Gasteiger charge is -2.28. The van der Waals surface area contributed by atoms with E-state index in [4.69, 9.17) is 4.74 Å². The first-order valence-electron chi connectivity index (χ1n) is 9.72. The van der Waals surface area contributed by atoms with Crippen LogP contribution in [-0.2, 0) is 14.8 Å². The van der Waals surface area contributed by atoms with E-state index in [0.29, 0.717) is 18.9 Å². The molecule has 8 nitrogen and oxygen atoms in total. The van der Waals surface area contributed by atoms with E-state index < -0.39 is 10.0 Å². The summed E-state index contributed by atoms with van der Waals surface area (Å²) in [5.41, 5.74) is 4.96. The van der Waals surface area contributed by atoms with Gasteiger partial charge < -0.3 is 9.64 Å². The highest BCUT2D eigenvalue weighted by molar-refractivity contribution is 7.89. The first-order chi connectivity index (χ1) is 14.0. The number of pyridine rings is 1. The van der Waals surface area contributed by atoms with Crippen LogP contribution in [0, 0.1) is 0 Å². The summed E-state index contributed by atoms with van der Waals surface area (Å²) in [7, 11) is -3.50. The Morgan fingerprint density at radius 2 is 1.83 bits per heavy atom. The van der Waals surface area contributed by atoms with Gasteiger partial charge in [0.15, 0.2) is 0 Å². The molecule has 0 unspecified atom stereocenters. The van der Waals surface area contributed by atoms with Crippen molar-refractivity contribution >= 4 is 27.7 Å². The molecule has 2 heterocycles. The monoisotopic (exact) mass is 417 g/mol. The number of nitrogens with one attached hydrogen (secondary N) is 1. The lowest BCUT2D eigenvalue weighted by molar-refractivity contribution is 0.122. The van der Waals surface area contributed by atoms with E-state index in [-0.39, 0.29) is 4.90 Å². The number of nitrogens with zero attached hydrogens (tertiary/aromatic N) is 4. The van der Waals surface area contributed by atoms with Crippen LogP contribution in [0.15, 0.2) is 52.6 Å². The number of sulfonamides is 1. The highest BCUT2D eigenvalue weighted by atomic mass is 32.2. The number of hydrogen-bond acceptors (Lipinski definition) is 7. The Bertz CT molecular complexity index is 904. The fourth-order valence-corrected chi connectivity index (χ4v) is 4.48. The molecular formula is C20H27N5O3S. The molecule has 0 radical (unpaired) electrons. The molecule has 1 aromatic heterocycles. The molecule has 1 aromatic carbocycles. The molecule has 0 bridgehead atoms. The lowest BCUT2D eigenvalue weighted by Crippen LogP contribution is -2.36. The van der Waals surface area contributed by atoms with Gasteiger partial charge in [-0.3, -0.25) is 5.43 Å². The summed E-state index contributed by atoms with van der Waals surface area (Å²) >= 11 is 0. The maximum Gasteiger partial charge on any atom is 0.244 e. The van der Waals surface area contributed by atoms with Gasteiger partial charge in [0.25, 0.3) is 0 Å². The molecule has 0 atom stereocenters. The molecule has 3 rings (SSSR count). The zero-order chi connectivity index (χ0) is 20.7. The fourth-order valence-electron chi connectivity index (χ4n) is 3.08. The first kappa shape index (κ1) is 21.2. The van der Waals surface area contributed by atoms with Crippen LogP contribution >= 0.6 is 0 Å². The van der Waals surface area contributed by atoms with Gasteiger partial charge in [0.05, 0.1) is 19.4 Å². The third-order valence-electron chi connectivity index (χ3n) is 4.74. The Hall–Kier alpha value is -2.49. The van der Waals surface area contributed by atoms with Crippen molar-refractivity contribution in [2.45, 2.75) is 18.7 Å². The van der Waals surface area contributed by atoms with Crippen LogP contribution in [0.25, 0.3) is 0 Å². The number of ether oxygens (including phenoxy) is 1. The summed E-state index contributed by atoms with van der Waals surface area (Å²) in [4.78, 5) is 6.62. The van der Waals surface area contributed by atoms with Crippen molar-refractivity contribution in [3.63, 3.8) is 0 Å². The number of aromatic nitrogens is 1. The second-order valence-corrected chi connectivity index (χ2v) is 8.47. The molecule has 1 N–H and O–H groups in total. The van der Waals surface area contributed by atoms with E-state index in [1.165, 1.54) is 22.3 Å². The Kier molecular flexibility index (Phi) is 7.18. The van der Waals surface area contributed by atoms with Gasteiger partial charge >= 0.3 is 0 Å². The van der Waals surface area contributed by atoms with Gasteiger partial charge in [0.1, 0.15) is 10.7 Å². The highest BCUT2D eigenvalue weighted by Gasteiger charge is 2.21. The van der Waals surface area contributed by atoms with Crippen molar-refractivity contribution in [2.75, 3.05) is 49.7 Å². The van der Waals surface area contributed by atoms with Crippen LogP contribution in [0.4, 0.5) is 11.5 Å². The first-order valence-corrected chi connectivity index (χ1v) is 11.2. The largest absolute Gasteiger partial charge is 0.378 e. The molecule has 9 heteroatoms. The maximum atomic E-state index is 12.5. The molecule has 156 valence electrons. The van der Waals surface area contributed by atoms with Crippen LogP contribution in [0.5, 0.6) is 0 Å². The Morgan fingerprint density at radius 1 is 1.14 bits per heavy atom. The topological polar surface area (TPSA) is 87.1 Å². The number of hydrazone groups is 1. The molecule has 0 spiro atoms. The SMILES string of the molecule is CCN(CC)S(=O)(=O)c1ccc(N/N=C/c2ccc(N3CCOCC3)cc2)nc1. The summed E-state index contributed by atoms with van der Waals surface area (Å²) < 4.78 is 31.7. The normalized spacial score (nSPS) is 15.2. The molecular weight excluding hydrogens is 390 g/mol. The molecule has 1 saturated heterocycles. The summed E-state index contributed by atoms with van der Waals surface area (Å²) in [6.07, 6.45) is 3.05. The third-order valence-corrected chi connectivity index (χ3v) is 6.78. The zero-order valence-corrected chi connectivity index (χ0v) is 17.6. The molecule has 2 aromatic rings. The zero-order valence-electron chi connectivity index (χ0n) is 16.8. The summed E-state index contributed by atoms with van der Waals surface area (Å²) in [6.45, 7) is 7.80. The van der Waals surface area contributed by atoms with Gasteiger partial charge in [-0.2, -0.15) is 9.41 Å². The number of anilines is 2. The molecule has 1 aliphatic heterocycles. The molecule has 0 saturated carbocycles. The van der Waals surface area contributed by atoms with Crippen molar-refractivity contribution in [2.24, 2.45) is 5.10 Å². The fraction of sp³-hybridized carbons (Fsp3) is 0.400. The van der Waals surface area contributed by atoms with E-state index in [1.54, 1.807) is 12.3 Å². The minimum Gasteiger partial charge on any atom is -0.378 e. The average molecular weight is 418 g/mol. The number of morpholine rings is 1. The molecule has 0 aliphatic carbocycles. The maximum absolute atomic E-state index is 12.5. The van der Waals surface area contributed by atoms with E-state index in [2.05, 4.69) is 32.5 Å². The van der Waals surface area contributed by atoms with E-state index >= 15 is 0 Å². The standard InChI is InChI=1S/C20H27N5O3S/c1-3-25(4-2)29(26,27)19-9-10-20(21-16-19)23-22-15-17-5-7-18(8-6-17)24-11-13-28-14-12-24/h5-10,15-16H,3-4,11-14H2,1-2H3,(H,21,23)/b22-15+. The van der Waals surface area contributed by atoms with Gasteiger partial charge in [-0.25, -0.2) is 13.4 Å².